The molecule has 1 aliphatic carbocycles. The Bertz CT molecular complexity index is 394. The van der Waals surface area contributed by atoms with Crippen LogP contribution in [-0.4, -0.2) is 18.3 Å². The van der Waals surface area contributed by atoms with E-state index in [4.69, 9.17) is 9.84 Å². The van der Waals surface area contributed by atoms with Crippen LogP contribution < -0.4 is 0 Å². The molecule has 0 aliphatic heterocycles. The van der Waals surface area contributed by atoms with Gasteiger partial charge in [0.15, 0.2) is 0 Å². The monoisotopic (exact) mass is 250 g/mol. The first-order valence-electron chi connectivity index (χ1n) is 6.14. The molecule has 1 aromatic rings. The predicted octanol–water partition coefficient (Wildman–Crippen LogP) is 2.80. The summed E-state index contributed by atoms with van der Waals surface area (Å²) in [5.41, 5.74) is 0.996. The van der Waals surface area contributed by atoms with E-state index in [0.717, 1.165) is 18.1 Å². The maximum Gasteiger partial charge on any atom is 0.104 e. The van der Waals surface area contributed by atoms with E-state index >= 15 is 0 Å². The number of aliphatic hydroxyl groups excluding tert-OH is 1. The van der Waals surface area contributed by atoms with Crippen LogP contribution in [0.2, 0.25) is 0 Å². The van der Waals surface area contributed by atoms with Crippen LogP contribution in [0, 0.1) is 17.8 Å². The van der Waals surface area contributed by atoms with Crippen molar-refractivity contribution in [2.75, 3.05) is 13.2 Å². The highest BCUT2D eigenvalue weighted by Gasteiger charge is 2.15. The summed E-state index contributed by atoms with van der Waals surface area (Å²) in [6.45, 7) is 1.45. The number of rotatable bonds is 4. The molecule has 1 aromatic heterocycles. The lowest BCUT2D eigenvalue weighted by Crippen LogP contribution is -2.05. The molecule has 1 fully saturated rings. The first kappa shape index (κ1) is 12.6. The highest BCUT2D eigenvalue weighted by Crippen LogP contribution is 2.25. The minimum atomic E-state index is -0.0851. The molecule has 92 valence electrons. The van der Waals surface area contributed by atoms with Crippen molar-refractivity contribution in [1.82, 2.24) is 0 Å². The van der Waals surface area contributed by atoms with E-state index in [2.05, 4.69) is 11.8 Å². The summed E-state index contributed by atoms with van der Waals surface area (Å²) in [5, 5.41) is 10.7. The van der Waals surface area contributed by atoms with Crippen LogP contribution in [0.15, 0.2) is 11.4 Å². The minimum Gasteiger partial charge on any atom is -0.384 e. The maximum atomic E-state index is 8.67. The molecule has 1 aliphatic rings. The number of hydrogen-bond acceptors (Lipinski definition) is 3. The Morgan fingerprint density at radius 3 is 3.00 bits per heavy atom. The molecule has 1 saturated carbocycles. The van der Waals surface area contributed by atoms with Gasteiger partial charge in [0, 0.05) is 17.0 Å². The second-order valence-corrected chi connectivity index (χ2v) is 5.38. The van der Waals surface area contributed by atoms with Crippen molar-refractivity contribution < 1.29 is 9.84 Å². The van der Waals surface area contributed by atoms with Gasteiger partial charge < -0.3 is 9.84 Å². The van der Waals surface area contributed by atoms with Crippen molar-refractivity contribution in [2.45, 2.75) is 32.3 Å². The van der Waals surface area contributed by atoms with Crippen LogP contribution in [-0.2, 0) is 11.3 Å². The van der Waals surface area contributed by atoms with E-state index in [0.29, 0.717) is 6.61 Å². The van der Waals surface area contributed by atoms with Crippen molar-refractivity contribution in [3.8, 4) is 11.8 Å². The summed E-state index contributed by atoms with van der Waals surface area (Å²) in [7, 11) is 0. The SMILES string of the molecule is OCC#Cc1ccsc1COCC1CCCC1. The molecule has 1 N–H and O–H groups in total. The van der Waals surface area contributed by atoms with E-state index in [9.17, 15) is 0 Å². The fraction of sp³-hybridized carbons (Fsp3) is 0.571. The van der Waals surface area contributed by atoms with E-state index in [1.807, 2.05) is 11.4 Å². The van der Waals surface area contributed by atoms with Gasteiger partial charge in [-0.25, -0.2) is 0 Å². The molecule has 0 spiro atoms. The van der Waals surface area contributed by atoms with Gasteiger partial charge in [-0.2, -0.15) is 0 Å². The fourth-order valence-corrected chi connectivity index (χ4v) is 2.96. The zero-order valence-corrected chi connectivity index (χ0v) is 10.8. The van der Waals surface area contributed by atoms with Gasteiger partial charge in [0.1, 0.15) is 6.61 Å². The smallest absolute Gasteiger partial charge is 0.104 e. The summed E-state index contributed by atoms with van der Waals surface area (Å²) < 4.78 is 5.76. The van der Waals surface area contributed by atoms with Crippen molar-refractivity contribution >= 4 is 11.3 Å². The van der Waals surface area contributed by atoms with Crippen LogP contribution in [0.4, 0.5) is 0 Å². The average molecular weight is 250 g/mol. The van der Waals surface area contributed by atoms with Gasteiger partial charge in [-0.15, -0.1) is 11.3 Å². The van der Waals surface area contributed by atoms with Crippen molar-refractivity contribution in [3.05, 3.63) is 21.9 Å². The summed E-state index contributed by atoms with van der Waals surface area (Å²) in [5.74, 6) is 6.40. The minimum absolute atomic E-state index is 0.0851. The molecule has 2 nitrogen and oxygen atoms in total. The Morgan fingerprint density at radius 1 is 1.41 bits per heavy atom. The third kappa shape index (κ3) is 3.85. The van der Waals surface area contributed by atoms with Crippen LogP contribution in [0.3, 0.4) is 0 Å². The number of thiophene rings is 1. The fourth-order valence-electron chi connectivity index (χ4n) is 2.19. The molecular weight excluding hydrogens is 232 g/mol. The second kappa shape index (κ2) is 6.80. The maximum absolute atomic E-state index is 8.67. The Kier molecular flexibility index (Phi) is 5.06. The molecule has 3 heteroatoms. The molecule has 0 unspecified atom stereocenters. The molecule has 0 atom stereocenters. The van der Waals surface area contributed by atoms with Gasteiger partial charge >= 0.3 is 0 Å². The third-order valence-electron chi connectivity index (χ3n) is 3.11. The Balaban J connectivity index is 1.79. The number of hydrogen-bond donors (Lipinski definition) is 1. The third-order valence-corrected chi connectivity index (χ3v) is 4.00. The standard InChI is InChI=1S/C14H18O2S/c15-8-3-6-13-7-9-17-14(13)11-16-10-12-4-1-2-5-12/h7,9,12,15H,1-2,4-5,8,10-11H2. The zero-order valence-electron chi connectivity index (χ0n) is 9.95. The molecule has 0 amide bonds. The first-order valence-corrected chi connectivity index (χ1v) is 7.02. The van der Waals surface area contributed by atoms with Gasteiger partial charge in [0.25, 0.3) is 0 Å². The molecule has 0 aromatic carbocycles. The number of aliphatic hydroxyl groups is 1. The van der Waals surface area contributed by atoms with Crippen molar-refractivity contribution in [3.63, 3.8) is 0 Å². The van der Waals surface area contributed by atoms with Crippen molar-refractivity contribution in [1.29, 1.82) is 0 Å². The normalized spacial score (nSPS) is 15.8. The van der Waals surface area contributed by atoms with Gasteiger partial charge in [-0.3, -0.25) is 0 Å². The van der Waals surface area contributed by atoms with E-state index in [-0.39, 0.29) is 6.61 Å². The Morgan fingerprint density at radius 2 is 2.24 bits per heavy atom. The Hall–Kier alpha value is -0.820. The summed E-state index contributed by atoms with van der Waals surface area (Å²) in [6, 6.07) is 1.99. The Labute approximate surface area is 107 Å². The molecule has 2 rings (SSSR count). The van der Waals surface area contributed by atoms with Gasteiger partial charge in [0.05, 0.1) is 6.61 Å². The van der Waals surface area contributed by atoms with Gasteiger partial charge in [0.2, 0.25) is 0 Å². The molecule has 0 radical (unpaired) electrons. The zero-order chi connectivity index (χ0) is 11.9. The lowest BCUT2D eigenvalue weighted by atomic mass is 10.1. The average Bonchev–Trinajstić information content (AvgIpc) is 2.98. The second-order valence-electron chi connectivity index (χ2n) is 4.38. The van der Waals surface area contributed by atoms with E-state index < -0.39 is 0 Å². The summed E-state index contributed by atoms with van der Waals surface area (Å²) >= 11 is 1.67. The summed E-state index contributed by atoms with van der Waals surface area (Å²) in [4.78, 5) is 1.17. The molecule has 0 saturated heterocycles. The molecule has 17 heavy (non-hydrogen) atoms. The van der Waals surface area contributed by atoms with Crippen molar-refractivity contribution in [2.24, 2.45) is 5.92 Å². The summed E-state index contributed by atoms with van der Waals surface area (Å²) in [6.07, 6.45) is 5.36. The highest BCUT2D eigenvalue weighted by molar-refractivity contribution is 7.10. The van der Waals surface area contributed by atoms with Gasteiger partial charge in [-0.1, -0.05) is 24.7 Å². The first-order chi connectivity index (χ1) is 8.40. The van der Waals surface area contributed by atoms with Crippen LogP contribution in [0.1, 0.15) is 36.1 Å². The number of ether oxygens (including phenoxy) is 1. The van der Waals surface area contributed by atoms with Crippen LogP contribution >= 0.6 is 11.3 Å². The molecule has 0 bridgehead atoms. The van der Waals surface area contributed by atoms with Crippen LogP contribution in [0.5, 0.6) is 0 Å². The van der Waals surface area contributed by atoms with E-state index in [1.165, 1.54) is 30.6 Å². The largest absolute Gasteiger partial charge is 0.384 e. The molecular formula is C14H18O2S. The van der Waals surface area contributed by atoms with Crippen LogP contribution in [0.25, 0.3) is 0 Å². The quantitative estimate of drug-likeness (QED) is 0.833. The predicted molar refractivity (Wildman–Crippen MR) is 69.9 cm³/mol. The van der Waals surface area contributed by atoms with E-state index in [1.54, 1.807) is 11.3 Å². The lowest BCUT2D eigenvalue weighted by molar-refractivity contribution is 0.0905. The van der Waals surface area contributed by atoms with Gasteiger partial charge in [-0.05, 0) is 30.2 Å². The highest BCUT2D eigenvalue weighted by atomic mass is 32.1. The lowest BCUT2D eigenvalue weighted by Gasteiger charge is -2.09. The topological polar surface area (TPSA) is 29.5 Å². The molecule has 1 heterocycles.